The van der Waals surface area contributed by atoms with Gasteiger partial charge in [-0.05, 0) is 30.3 Å². The van der Waals surface area contributed by atoms with Gasteiger partial charge in [0.05, 0.1) is 18.4 Å². The van der Waals surface area contributed by atoms with Crippen molar-refractivity contribution < 1.29 is 14.0 Å². The summed E-state index contributed by atoms with van der Waals surface area (Å²) in [6.45, 7) is 8.56. The molecule has 2 aromatic rings. The molecule has 27 heavy (non-hydrogen) atoms. The summed E-state index contributed by atoms with van der Waals surface area (Å²) in [4.78, 5) is 28.7. The van der Waals surface area contributed by atoms with Gasteiger partial charge in [0.1, 0.15) is 6.26 Å². The van der Waals surface area contributed by atoms with Gasteiger partial charge in [0, 0.05) is 38.4 Å². The highest BCUT2D eigenvalue weighted by molar-refractivity contribution is 5.99. The zero-order valence-corrected chi connectivity index (χ0v) is 15.6. The largest absolute Gasteiger partial charge is 0.472 e. The van der Waals surface area contributed by atoms with Crippen molar-refractivity contribution in [3.05, 3.63) is 54.0 Å². The number of carbonyl (C=O) groups excluding carboxylic acids is 2. The molecule has 3 rings (SSSR count). The molecule has 2 N–H and O–H groups in total. The number of carbonyl (C=O) groups is 2. The Bertz CT molecular complexity index is 735. The molecule has 0 saturated carbocycles. The molecule has 1 saturated heterocycles. The average molecular weight is 370 g/mol. The first-order valence-electron chi connectivity index (χ1n) is 9.28. The van der Waals surface area contributed by atoms with E-state index in [2.05, 4.69) is 27.4 Å². The normalized spacial score (nSPS) is 15.4. The first-order chi connectivity index (χ1) is 13.1. The Morgan fingerprint density at radius 1 is 1.04 bits per heavy atom. The van der Waals surface area contributed by atoms with Crippen LogP contribution in [0.5, 0.6) is 0 Å². The molecular formula is C20H26N4O3. The number of likely N-dealkylation sites (N-methyl/N-ethyl adjacent to an activating group) is 1. The lowest BCUT2D eigenvalue weighted by atomic mass is 10.1. The van der Waals surface area contributed by atoms with Gasteiger partial charge in [-0.15, -0.1) is 0 Å². The summed E-state index contributed by atoms with van der Waals surface area (Å²) in [5.41, 5.74) is 2.34. The van der Waals surface area contributed by atoms with Crippen LogP contribution in [0.4, 0.5) is 5.69 Å². The van der Waals surface area contributed by atoms with Gasteiger partial charge >= 0.3 is 0 Å². The van der Waals surface area contributed by atoms with Crippen LogP contribution in [0.2, 0.25) is 0 Å². The fourth-order valence-electron chi connectivity index (χ4n) is 3.08. The summed E-state index contributed by atoms with van der Waals surface area (Å²) in [7, 11) is 0. The number of hydrogen-bond acceptors (Lipinski definition) is 5. The van der Waals surface area contributed by atoms with E-state index in [0.29, 0.717) is 5.56 Å². The van der Waals surface area contributed by atoms with Crippen LogP contribution in [0.15, 0.2) is 47.3 Å². The molecule has 0 unspecified atom stereocenters. The minimum absolute atomic E-state index is 0.0898. The quantitative estimate of drug-likeness (QED) is 0.777. The molecule has 0 bridgehead atoms. The minimum Gasteiger partial charge on any atom is -0.472 e. The number of anilines is 1. The van der Waals surface area contributed by atoms with Crippen LogP contribution in [-0.4, -0.2) is 60.9 Å². The van der Waals surface area contributed by atoms with Gasteiger partial charge in [-0.2, -0.15) is 0 Å². The van der Waals surface area contributed by atoms with E-state index in [9.17, 15) is 9.59 Å². The Kier molecular flexibility index (Phi) is 6.62. The summed E-state index contributed by atoms with van der Waals surface area (Å²) in [5.74, 6) is -0.604. The maximum Gasteiger partial charge on any atom is 0.254 e. The van der Waals surface area contributed by atoms with E-state index in [1.807, 2.05) is 24.3 Å². The van der Waals surface area contributed by atoms with Crippen molar-refractivity contribution in [2.24, 2.45) is 0 Å². The monoisotopic (exact) mass is 370 g/mol. The predicted octanol–water partition coefficient (Wildman–Crippen LogP) is 1.79. The Hall–Kier alpha value is -2.64. The van der Waals surface area contributed by atoms with Crippen LogP contribution in [0, 0.1) is 0 Å². The second-order valence-corrected chi connectivity index (χ2v) is 6.65. The maximum atomic E-state index is 12.0. The van der Waals surface area contributed by atoms with E-state index in [0.717, 1.165) is 45.0 Å². The second kappa shape index (κ2) is 9.34. The average Bonchev–Trinajstić information content (AvgIpc) is 3.23. The highest BCUT2D eigenvalue weighted by Gasteiger charge is 2.15. The topological polar surface area (TPSA) is 77.8 Å². The number of benzene rings is 1. The summed E-state index contributed by atoms with van der Waals surface area (Å²) in [6.07, 6.45) is 2.76. The molecule has 1 fully saturated rings. The van der Waals surface area contributed by atoms with Crippen molar-refractivity contribution in [1.29, 1.82) is 0 Å². The fraction of sp³-hybridized carbons (Fsp3) is 0.400. The first-order valence-corrected chi connectivity index (χ1v) is 9.28. The van der Waals surface area contributed by atoms with Gasteiger partial charge in [-0.3, -0.25) is 14.5 Å². The highest BCUT2D eigenvalue weighted by Crippen LogP contribution is 2.13. The summed E-state index contributed by atoms with van der Waals surface area (Å²) >= 11 is 0. The van der Waals surface area contributed by atoms with E-state index in [1.165, 1.54) is 18.1 Å². The Morgan fingerprint density at radius 3 is 2.37 bits per heavy atom. The number of rotatable bonds is 7. The second-order valence-electron chi connectivity index (χ2n) is 6.65. The summed E-state index contributed by atoms with van der Waals surface area (Å²) in [5, 5.41) is 5.35. The van der Waals surface area contributed by atoms with Crippen molar-refractivity contribution in [3.63, 3.8) is 0 Å². The van der Waals surface area contributed by atoms with E-state index in [4.69, 9.17) is 4.42 Å². The molecule has 2 amide bonds. The van der Waals surface area contributed by atoms with E-state index >= 15 is 0 Å². The van der Waals surface area contributed by atoms with Gasteiger partial charge in [-0.1, -0.05) is 19.1 Å². The summed E-state index contributed by atoms with van der Waals surface area (Å²) in [6, 6.07) is 9.41. The predicted molar refractivity (Wildman–Crippen MR) is 104 cm³/mol. The lowest BCUT2D eigenvalue weighted by molar-refractivity contribution is -0.115. The van der Waals surface area contributed by atoms with Gasteiger partial charge in [0.2, 0.25) is 5.91 Å². The lowest BCUT2D eigenvalue weighted by Gasteiger charge is -2.34. The smallest absolute Gasteiger partial charge is 0.254 e. The van der Waals surface area contributed by atoms with E-state index in [1.54, 1.807) is 6.07 Å². The van der Waals surface area contributed by atoms with Crippen molar-refractivity contribution >= 4 is 17.5 Å². The minimum atomic E-state index is -0.336. The SMILES string of the molecule is CCN1CCN(Cc2ccc(NC(=O)CNC(=O)c3ccoc3)cc2)CC1. The molecule has 0 aliphatic carbocycles. The van der Waals surface area contributed by atoms with E-state index in [-0.39, 0.29) is 18.4 Å². The molecule has 0 atom stereocenters. The van der Waals surface area contributed by atoms with Crippen LogP contribution in [-0.2, 0) is 11.3 Å². The van der Waals surface area contributed by atoms with Crippen LogP contribution in [0.25, 0.3) is 0 Å². The highest BCUT2D eigenvalue weighted by atomic mass is 16.3. The van der Waals surface area contributed by atoms with Crippen LogP contribution in [0.1, 0.15) is 22.8 Å². The lowest BCUT2D eigenvalue weighted by Crippen LogP contribution is -2.45. The molecular weight excluding hydrogens is 344 g/mol. The maximum absolute atomic E-state index is 12.0. The number of nitrogens with one attached hydrogen (secondary N) is 2. The number of amides is 2. The number of hydrogen-bond donors (Lipinski definition) is 2. The van der Waals surface area contributed by atoms with Crippen molar-refractivity contribution in [2.45, 2.75) is 13.5 Å². The molecule has 1 aliphatic rings. The van der Waals surface area contributed by atoms with Gasteiger partial charge < -0.3 is 20.0 Å². The molecule has 1 aromatic heterocycles. The third-order valence-corrected chi connectivity index (χ3v) is 4.75. The van der Waals surface area contributed by atoms with Gasteiger partial charge in [0.25, 0.3) is 5.91 Å². The Morgan fingerprint density at radius 2 is 1.74 bits per heavy atom. The van der Waals surface area contributed by atoms with Crippen LogP contribution in [0.3, 0.4) is 0 Å². The van der Waals surface area contributed by atoms with Gasteiger partial charge in [-0.25, -0.2) is 0 Å². The molecule has 144 valence electrons. The number of furan rings is 1. The number of piperazine rings is 1. The third kappa shape index (κ3) is 5.67. The van der Waals surface area contributed by atoms with Crippen molar-refractivity contribution in [3.8, 4) is 0 Å². The van der Waals surface area contributed by atoms with Gasteiger partial charge in [0.15, 0.2) is 0 Å². The molecule has 7 heteroatoms. The molecule has 1 aliphatic heterocycles. The number of nitrogens with zero attached hydrogens (tertiary/aromatic N) is 2. The molecule has 2 heterocycles. The zero-order valence-electron chi connectivity index (χ0n) is 15.6. The Labute approximate surface area is 159 Å². The molecule has 0 spiro atoms. The van der Waals surface area contributed by atoms with Crippen molar-refractivity contribution in [2.75, 3.05) is 44.6 Å². The fourth-order valence-corrected chi connectivity index (χ4v) is 3.08. The third-order valence-electron chi connectivity index (χ3n) is 4.75. The van der Waals surface area contributed by atoms with Crippen LogP contribution < -0.4 is 10.6 Å². The zero-order chi connectivity index (χ0) is 19.1. The standard InChI is InChI=1S/C20H26N4O3/c1-2-23-8-10-24(11-9-23)14-16-3-5-18(6-4-16)22-19(25)13-21-20(26)17-7-12-27-15-17/h3-7,12,15H,2,8-11,13-14H2,1H3,(H,21,26)(H,22,25). The van der Waals surface area contributed by atoms with Crippen LogP contribution >= 0.6 is 0 Å². The molecule has 1 aromatic carbocycles. The Balaban J connectivity index is 1.42. The summed E-state index contributed by atoms with van der Waals surface area (Å²) < 4.78 is 4.85. The first kappa shape index (κ1) is 19.1. The van der Waals surface area contributed by atoms with Crippen molar-refractivity contribution in [1.82, 2.24) is 15.1 Å². The molecule has 7 nitrogen and oxygen atoms in total. The molecule has 0 radical (unpaired) electrons. The van der Waals surface area contributed by atoms with E-state index < -0.39 is 0 Å².